The van der Waals surface area contributed by atoms with Crippen molar-refractivity contribution in [2.75, 3.05) is 13.2 Å². The molecule has 6 rings (SSSR count). The number of aromatic nitrogens is 1. The summed E-state index contributed by atoms with van der Waals surface area (Å²) in [7, 11) is 0. The van der Waals surface area contributed by atoms with Crippen LogP contribution in [0.15, 0.2) is 36.0 Å². The predicted molar refractivity (Wildman–Crippen MR) is 187 cm³/mol. The highest BCUT2D eigenvalue weighted by atomic mass is 16.6. The van der Waals surface area contributed by atoms with Gasteiger partial charge in [-0.3, -0.25) is 19.4 Å². The number of ether oxygens (including phenoxy) is 2. The zero-order valence-electron chi connectivity index (χ0n) is 30.9. The molecule has 48 heavy (non-hydrogen) atoms. The van der Waals surface area contributed by atoms with Crippen LogP contribution in [0.25, 0.3) is 0 Å². The van der Waals surface area contributed by atoms with E-state index < -0.39 is 5.41 Å². The standard InChI is InChI=1S/C41H60N2O5/c1-27(44)47-26-38(6)32-14-18-40(8)33(37(32,5)17-15-34(38)48-28(2)45)13-12-30-31-25-36(3,4)19-21-41(31,22-20-39(30,40)7)35(46)43-24-16-29-11-9-10-23-42-29/h9-12,23,31-34H,13-22,24-26H2,1-8H3,(H,43,46)/t31-,32+,33+,34-,37-,38-,39+,40+,41-/m0/s1. The van der Waals surface area contributed by atoms with E-state index in [0.29, 0.717) is 12.5 Å². The number of hydrogen-bond donors (Lipinski definition) is 1. The van der Waals surface area contributed by atoms with Crippen molar-refractivity contribution in [1.82, 2.24) is 10.3 Å². The van der Waals surface area contributed by atoms with E-state index in [2.05, 4.69) is 57.9 Å². The van der Waals surface area contributed by atoms with Crippen molar-refractivity contribution in [3.05, 3.63) is 41.7 Å². The summed E-state index contributed by atoms with van der Waals surface area (Å²) in [5.74, 6) is 0.647. The second kappa shape index (κ2) is 12.3. The Morgan fingerprint density at radius 3 is 2.33 bits per heavy atom. The Balaban J connectivity index is 1.32. The Kier molecular flexibility index (Phi) is 8.98. The molecule has 0 aliphatic heterocycles. The number of hydrogen-bond acceptors (Lipinski definition) is 6. The first-order valence-corrected chi connectivity index (χ1v) is 18.7. The lowest BCUT2D eigenvalue weighted by atomic mass is 9.33. The van der Waals surface area contributed by atoms with Gasteiger partial charge < -0.3 is 14.8 Å². The monoisotopic (exact) mass is 660 g/mol. The van der Waals surface area contributed by atoms with E-state index in [1.54, 1.807) is 5.57 Å². The van der Waals surface area contributed by atoms with E-state index in [1.807, 2.05) is 24.4 Å². The van der Waals surface area contributed by atoms with Crippen LogP contribution in [-0.4, -0.2) is 42.1 Å². The summed E-state index contributed by atoms with van der Waals surface area (Å²) in [6.07, 6.45) is 14.8. The van der Waals surface area contributed by atoms with Gasteiger partial charge in [0.1, 0.15) is 12.7 Å². The molecule has 1 N–H and O–H groups in total. The lowest BCUT2D eigenvalue weighted by Gasteiger charge is -2.71. The van der Waals surface area contributed by atoms with Crippen LogP contribution >= 0.6 is 0 Å². The molecule has 0 unspecified atom stereocenters. The summed E-state index contributed by atoms with van der Waals surface area (Å²) >= 11 is 0. The number of pyridine rings is 1. The third-order valence-electron chi connectivity index (χ3n) is 15.1. The van der Waals surface area contributed by atoms with Crippen molar-refractivity contribution in [2.45, 2.75) is 132 Å². The first kappa shape index (κ1) is 35.1. The molecule has 0 radical (unpaired) electrons. The molecule has 9 atom stereocenters. The number of nitrogens with zero attached hydrogens (tertiary/aromatic N) is 1. The van der Waals surface area contributed by atoms with Gasteiger partial charge in [-0.2, -0.15) is 0 Å². The zero-order chi connectivity index (χ0) is 34.8. The molecule has 1 heterocycles. The maximum atomic E-state index is 14.4. The molecule has 5 aliphatic rings. The fourth-order valence-electron chi connectivity index (χ4n) is 12.3. The number of fused-ring (bicyclic) bond motifs is 7. The minimum absolute atomic E-state index is 0.00125. The minimum Gasteiger partial charge on any atom is -0.465 e. The van der Waals surface area contributed by atoms with E-state index >= 15 is 0 Å². The second-order valence-electron chi connectivity index (χ2n) is 18.1. The average Bonchev–Trinajstić information content (AvgIpc) is 3.02. The highest BCUT2D eigenvalue weighted by molar-refractivity contribution is 5.84. The van der Waals surface area contributed by atoms with E-state index in [9.17, 15) is 14.4 Å². The van der Waals surface area contributed by atoms with Gasteiger partial charge in [0.05, 0.1) is 5.41 Å². The van der Waals surface area contributed by atoms with Crippen LogP contribution < -0.4 is 5.32 Å². The SMILES string of the molecule is CC(=O)OC[C@@]1(C)[C@@H]2CC[C@]3(C)[C@H](CC=C4[C@@H]5CC(C)(C)CC[C@]5(C(=O)NCCc5ccccn5)CC[C@]43C)[C@@]2(C)CC[C@@H]1OC(C)=O. The molecule has 1 aromatic rings. The lowest BCUT2D eigenvalue weighted by molar-refractivity contribution is -0.226. The van der Waals surface area contributed by atoms with E-state index in [-0.39, 0.29) is 69.5 Å². The van der Waals surface area contributed by atoms with Gasteiger partial charge in [0.25, 0.3) is 0 Å². The molecule has 7 nitrogen and oxygen atoms in total. The van der Waals surface area contributed by atoms with Crippen LogP contribution in [0, 0.1) is 50.2 Å². The van der Waals surface area contributed by atoms with Gasteiger partial charge in [-0.1, -0.05) is 59.3 Å². The van der Waals surface area contributed by atoms with Gasteiger partial charge >= 0.3 is 11.9 Å². The highest BCUT2D eigenvalue weighted by Crippen LogP contribution is 2.76. The molecule has 0 spiro atoms. The number of carbonyl (C=O) groups is 3. The topological polar surface area (TPSA) is 94.6 Å². The van der Waals surface area contributed by atoms with Crippen LogP contribution in [0.4, 0.5) is 0 Å². The van der Waals surface area contributed by atoms with Crippen LogP contribution in [0.1, 0.15) is 125 Å². The molecule has 4 fully saturated rings. The van der Waals surface area contributed by atoms with Gasteiger partial charge in [0.2, 0.25) is 5.91 Å². The number of rotatable bonds is 7. The van der Waals surface area contributed by atoms with Crippen molar-refractivity contribution in [2.24, 2.45) is 50.2 Å². The molecular weight excluding hydrogens is 600 g/mol. The summed E-state index contributed by atoms with van der Waals surface area (Å²) in [6.45, 7) is 18.4. The summed E-state index contributed by atoms with van der Waals surface area (Å²) < 4.78 is 11.7. The molecule has 7 heteroatoms. The molecule has 264 valence electrons. The Morgan fingerprint density at radius 1 is 0.896 bits per heavy atom. The largest absolute Gasteiger partial charge is 0.465 e. The second-order valence-corrected chi connectivity index (χ2v) is 18.1. The fraction of sp³-hybridized carbons (Fsp3) is 0.756. The third kappa shape index (κ3) is 5.54. The molecular formula is C41H60N2O5. The number of nitrogens with one attached hydrogen (secondary N) is 1. The smallest absolute Gasteiger partial charge is 0.302 e. The molecule has 0 aromatic carbocycles. The van der Waals surface area contributed by atoms with Gasteiger partial charge in [0, 0.05) is 44.1 Å². The Hall–Kier alpha value is -2.70. The van der Waals surface area contributed by atoms with Crippen LogP contribution in [0.3, 0.4) is 0 Å². The maximum Gasteiger partial charge on any atom is 0.302 e. The number of amides is 1. The average molecular weight is 661 g/mol. The van der Waals surface area contributed by atoms with E-state index in [1.165, 1.54) is 13.8 Å². The first-order valence-electron chi connectivity index (χ1n) is 18.7. The van der Waals surface area contributed by atoms with Crippen molar-refractivity contribution in [3.8, 4) is 0 Å². The van der Waals surface area contributed by atoms with Crippen LogP contribution in [0.5, 0.6) is 0 Å². The zero-order valence-corrected chi connectivity index (χ0v) is 30.9. The van der Waals surface area contributed by atoms with Gasteiger partial charge in [-0.05, 0) is 116 Å². The Bertz CT molecular complexity index is 1460. The van der Waals surface area contributed by atoms with Crippen LogP contribution in [-0.2, 0) is 30.3 Å². The number of allylic oxidation sites excluding steroid dienone is 2. The summed E-state index contributed by atoms with van der Waals surface area (Å²) in [5.41, 5.74) is 2.03. The molecule has 1 amide bonds. The molecule has 4 saturated carbocycles. The molecule has 0 saturated heterocycles. The van der Waals surface area contributed by atoms with Gasteiger partial charge in [0.15, 0.2) is 0 Å². The van der Waals surface area contributed by atoms with Crippen molar-refractivity contribution in [1.29, 1.82) is 0 Å². The number of esters is 2. The first-order chi connectivity index (χ1) is 22.5. The van der Waals surface area contributed by atoms with E-state index in [0.717, 1.165) is 76.3 Å². The molecule has 5 aliphatic carbocycles. The number of carbonyl (C=O) groups excluding carboxylic acids is 3. The third-order valence-corrected chi connectivity index (χ3v) is 15.1. The van der Waals surface area contributed by atoms with Gasteiger partial charge in [-0.15, -0.1) is 0 Å². The Labute approximate surface area is 288 Å². The summed E-state index contributed by atoms with van der Waals surface area (Å²) in [4.78, 5) is 43.2. The fourth-order valence-corrected chi connectivity index (χ4v) is 12.3. The van der Waals surface area contributed by atoms with Crippen molar-refractivity contribution in [3.63, 3.8) is 0 Å². The normalized spacial score (nSPS) is 41.3. The van der Waals surface area contributed by atoms with E-state index in [4.69, 9.17) is 9.47 Å². The van der Waals surface area contributed by atoms with Gasteiger partial charge in [-0.25, -0.2) is 0 Å². The molecule has 1 aromatic heterocycles. The predicted octanol–water partition coefficient (Wildman–Crippen LogP) is 8.02. The van der Waals surface area contributed by atoms with Crippen molar-refractivity contribution >= 4 is 17.8 Å². The highest BCUT2D eigenvalue weighted by Gasteiger charge is 2.70. The molecule has 0 bridgehead atoms. The lowest BCUT2D eigenvalue weighted by Crippen LogP contribution is -2.66. The Morgan fingerprint density at radius 2 is 1.65 bits per heavy atom. The quantitative estimate of drug-likeness (QED) is 0.235. The minimum atomic E-state index is -0.445. The van der Waals surface area contributed by atoms with Crippen molar-refractivity contribution < 1.29 is 23.9 Å². The summed E-state index contributed by atoms with van der Waals surface area (Å²) in [5, 5.41) is 3.40. The maximum absolute atomic E-state index is 14.4. The van der Waals surface area contributed by atoms with Crippen LogP contribution in [0.2, 0.25) is 0 Å². The summed E-state index contributed by atoms with van der Waals surface area (Å²) in [6, 6.07) is 5.97.